The van der Waals surface area contributed by atoms with Gasteiger partial charge in [-0.1, -0.05) is 17.2 Å². The van der Waals surface area contributed by atoms with Crippen LogP contribution < -0.4 is 4.74 Å². The molecule has 0 aliphatic rings. The van der Waals surface area contributed by atoms with Crippen LogP contribution in [0, 0.1) is 0 Å². The van der Waals surface area contributed by atoms with E-state index in [1.165, 1.54) is 12.1 Å². The minimum absolute atomic E-state index is 0.180. The van der Waals surface area contributed by atoms with Crippen LogP contribution in [0.15, 0.2) is 48.5 Å². The molecule has 0 saturated heterocycles. The van der Waals surface area contributed by atoms with E-state index in [1.54, 1.807) is 12.1 Å². The summed E-state index contributed by atoms with van der Waals surface area (Å²) in [5.41, 5.74) is 1.44. The third-order valence-corrected chi connectivity index (χ3v) is 2.39. The van der Waals surface area contributed by atoms with E-state index >= 15 is 0 Å². The number of rotatable bonds is 2. The van der Waals surface area contributed by atoms with E-state index in [2.05, 4.69) is 15.2 Å². The molecule has 1 heterocycles. The van der Waals surface area contributed by atoms with Crippen LogP contribution in [0.3, 0.4) is 0 Å². The Kier molecular flexibility index (Phi) is 2.49. The van der Waals surface area contributed by atoms with Crippen molar-refractivity contribution in [3.05, 3.63) is 48.5 Å². The van der Waals surface area contributed by atoms with E-state index in [0.29, 0.717) is 5.75 Å². The number of aromatic nitrogens is 3. The lowest BCUT2D eigenvalue weighted by atomic mass is 10.3. The second-order valence-electron chi connectivity index (χ2n) is 3.68. The molecule has 3 aromatic rings. The fraction of sp³-hybridized carbons (Fsp3) is 0. The van der Waals surface area contributed by atoms with Crippen LogP contribution in [0.1, 0.15) is 0 Å². The highest BCUT2D eigenvalue weighted by Gasteiger charge is 2.03. The molecule has 0 aliphatic heterocycles. The molecule has 5 nitrogen and oxygen atoms in total. The Morgan fingerprint density at radius 1 is 0.833 bits per heavy atom. The van der Waals surface area contributed by atoms with Gasteiger partial charge in [0.1, 0.15) is 17.0 Å². The molecule has 0 atom stereocenters. The molecule has 88 valence electrons. The van der Waals surface area contributed by atoms with Crippen molar-refractivity contribution in [1.29, 1.82) is 0 Å². The van der Waals surface area contributed by atoms with Crippen molar-refractivity contribution in [1.82, 2.24) is 15.2 Å². The number of para-hydroxylation sites is 1. The summed E-state index contributed by atoms with van der Waals surface area (Å²) < 4.78 is 5.45. The van der Waals surface area contributed by atoms with E-state index in [4.69, 9.17) is 9.84 Å². The zero-order valence-corrected chi connectivity index (χ0v) is 9.32. The number of aromatic hydroxyl groups is 1. The number of phenolic OH excluding ortho intramolecular Hbond substituents is 1. The molecule has 0 radical (unpaired) electrons. The average Bonchev–Trinajstić information content (AvgIpc) is 2.41. The summed E-state index contributed by atoms with van der Waals surface area (Å²) in [5, 5.41) is 17.1. The summed E-state index contributed by atoms with van der Waals surface area (Å²) in [7, 11) is 0. The van der Waals surface area contributed by atoms with Gasteiger partial charge in [0.2, 0.25) is 0 Å². The van der Waals surface area contributed by atoms with Gasteiger partial charge in [0.15, 0.2) is 0 Å². The van der Waals surface area contributed by atoms with Crippen molar-refractivity contribution < 1.29 is 9.84 Å². The van der Waals surface area contributed by atoms with Gasteiger partial charge >= 0.3 is 6.01 Å². The second kappa shape index (κ2) is 4.29. The summed E-state index contributed by atoms with van der Waals surface area (Å²) >= 11 is 0. The zero-order valence-electron chi connectivity index (χ0n) is 9.32. The fourth-order valence-corrected chi connectivity index (χ4v) is 1.53. The number of hydrogen-bond acceptors (Lipinski definition) is 5. The first-order valence-corrected chi connectivity index (χ1v) is 5.37. The van der Waals surface area contributed by atoms with Gasteiger partial charge in [-0.25, -0.2) is 0 Å². The maximum atomic E-state index is 9.16. The number of fused-ring (bicyclic) bond motifs is 1. The molecule has 0 aliphatic carbocycles. The predicted molar refractivity (Wildman–Crippen MR) is 65.5 cm³/mol. The van der Waals surface area contributed by atoms with Gasteiger partial charge in [-0.2, -0.15) is 4.98 Å². The highest BCUT2D eigenvalue weighted by molar-refractivity contribution is 5.73. The van der Waals surface area contributed by atoms with Gasteiger partial charge in [0, 0.05) is 0 Å². The SMILES string of the molecule is Oc1ccc(Oc2nnc3ccccc3n2)cc1. The third-order valence-electron chi connectivity index (χ3n) is 2.39. The maximum Gasteiger partial charge on any atom is 0.341 e. The number of nitrogens with zero attached hydrogens (tertiary/aromatic N) is 3. The van der Waals surface area contributed by atoms with Gasteiger partial charge in [-0.05, 0) is 36.4 Å². The molecule has 0 fully saturated rings. The van der Waals surface area contributed by atoms with Gasteiger partial charge in [-0.3, -0.25) is 0 Å². The van der Waals surface area contributed by atoms with Crippen LogP contribution in [0.5, 0.6) is 17.5 Å². The molecule has 18 heavy (non-hydrogen) atoms. The van der Waals surface area contributed by atoms with Crippen molar-refractivity contribution in [2.24, 2.45) is 0 Å². The molecule has 0 spiro atoms. The first kappa shape index (κ1) is 10.5. The first-order chi connectivity index (χ1) is 8.81. The Bertz CT molecular complexity index is 683. The smallest absolute Gasteiger partial charge is 0.341 e. The Morgan fingerprint density at radius 3 is 2.33 bits per heavy atom. The first-order valence-electron chi connectivity index (χ1n) is 5.37. The molecule has 0 amide bonds. The van der Waals surface area contributed by atoms with Crippen LogP contribution in [0.4, 0.5) is 0 Å². The Hall–Kier alpha value is -2.69. The lowest BCUT2D eigenvalue weighted by molar-refractivity contribution is 0.433. The monoisotopic (exact) mass is 239 g/mol. The molecule has 2 aromatic carbocycles. The maximum absolute atomic E-state index is 9.16. The van der Waals surface area contributed by atoms with Crippen molar-refractivity contribution in [3.63, 3.8) is 0 Å². The second-order valence-corrected chi connectivity index (χ2v) is 3.68. The molecule has 1 N–H and O–H groups in total. The lowest BCUT2D eigenvalue weighted by Gasteiger charge is -2.03. The van der Waals surface area contributed by atoms with Crippen LogP contribution in [-0.2, 0) is 0 Å². The van der Waals surface area contributed by atoms with Crippen LogP contribution >= 0.6 is 0 Å². The molecule has 3 rings (SSSR count). The van der Waals surface area contributed by atoms with E-state index < -0.39 is 0 Å². The number of benzene rings is 2. The van der Waals surface area contributed by atoms with Crippen LogP contribution in [0.2, 0.25) is 0 Å². The van der Waals surface area contributed by atoms with Gasteiger partial charge in [0.05, 0.1) is 5.52 Å². The molecule has 1 aromatic heterocycles. The number of hydrogen-bond donors (Lipinski definition) is 1. The van der Waals surface area contributed by atoms with Crippen LogP contribution in [-0.4, -0.2) is 20.3 Å². The quantitative estimate of drug-likeness (QED) is 0.744. The van der Waals surface area contributed by atoms with Gasteiger partial charge in [-0.15, -0.1) is 5.10 Å². The molecule has 0 bridgehead atoms. The lowest BCUT2D eigenvalue weighted by Crippen LogP contribution is -1.94. The fourth-order valence-electron chi connectivity index (χ4n) is 1.53. The largest absolute Gasteiger partial charge is 0.508 e. The minimum atomic E-state index is 0.180. The standard InChI is InChI=1S/C13H9N3O2/c17-9-5-7-10(8-6-9)18-13-14-11-3-1-2-4-12(11)15-16-13/h1-8,17H. The molecule has 5 heteroatoms. The van der Waals surface area contributed by atoms with Crippen molar-refractivity contribution in [2.75, 3.05) is 0 Å². The predicted octanol–water partition coefficient (Wildman–Crippen LogP) is 2.52. The summed E-state index contributed by atoms with van der Waals surface area (Å²) in [5.74, 6) is 0.727. The van der Waals surface area contributed by atoms with E-state index in [1.807, 2.05) is 24.3 Å². The van der Waals surface area contributed by atoms with Crippen molar-refractivity contribution >= 4 is 11.0 Å². The van der Waals surface area contributed by atoms with E-state index in [0.717, 1.165) is 11.0 Å². The third kappa shape index (κ3) is 2.06. The number of ether oxygens (including phenoxy) is 1. The Labute approximate surface area is 103 Å². The summed E-state index contributed by atoms with van der Waals surface area (Å²) in [6.45, 7) is 0. The highest BCUT2D eigenvalue weighted by Crippen LogP contribution is 2.21. The topological polar surface area (TPSA) is 68.1 Å². The summed E-state index contributed by atoms with van der Waals surface area (Å²) in [4.78, 5) is 4.23. The van der Waals surface area contributed by atoms with Crippen molar-refractivity contribution in [2.45, 2.75) is 0 Å². The average molecular weight is 239 g/mol. The van der Waals surface area contributed by atoms with E-state index in [-0.39, 0.29) is 11.8 Å². The summed E-state index contributed by atoms with van der Waals surface area (Å²) in [6, 6.07) is 13.9. The van der Waals surface area contributed by atoms with E-state index in [9.17, 15) is 0 Å². The molecular formula is C13H9N3O2. The van der Waals surface area contributed by atoms with Gasteiger partial charge < -0.3 is 9.84 Å². The highest BCUT2D eigenvalue weighted by atomic mass is 16.5. The zero-order chi connectivity index (χ0) is 12.4. The van der Waals surface area contributed by atoms with Crippen LogP contribution in [0.25, 0.3) is 11.0 Å². The Morgan fingerprint density at radius 2 is 1.56 bits per heavy atom. The number of phenols is 1. The minimum Gasteiger partial charge on any atom is -0.508 e. The van der Waals surface area contributed by atoms with Crippen molar-refractivity contribution in [3.8, 4) is 17.5 Å². The van der Waals surface area contributed by atoms with Gasteiger partial charge in [0.25, 0.3) is 0 Å². The molecule has 0 unspecified atom stereocenters. The normalized spacial score (nSPS) is 10.4. The Balaban J connectivity index is 1.92. The molecular weight excluding hydrogens is 230 g/mol. The summed E-state index contributed by atoms with van der Waals surface area (Å²) in [6.07, 6.45) is 0. The molecule has 0 saturated carbocycles.